The number of nitrogens with zero attached hydrogens (tertiary/aromatic N) is 2. The minimum atomic E-state index is -3.77. The van der Waals surface area contributed by atoms with Crippen molar-refractivity contribution in [2.45, 2.75) is 43.9 Å². The van der Waals surface area contributed by atoms with E-state index in [1.54, 1.807) is 13.0 Å². The molecule has 3 heterocycles. The molecule has 0 saturated carbocycles. The van der Waals surface area contributed by atoms with Crippen LogP contribution in [0.5, 0.6) is 5.75 Å². The number of carbonyl (C=O) groups excluding carboxylic acids is 2. The maximum Gasteiger partial charge on any atom is 0.262 e. The van der Waals surface area contributed by atoms with Crippen LogP contribution < -0.4 is 10.1 Å². The van der Waals surface area contributed by atoms with Crippen LogP contribution in [-0.4, -0.2) is 62.2 Å². The number of aryl methyl sites for hydroxylation is 1. The van der Waals surface area contributed by atoms with E-state index in [9.17, 15) is 18.0 Å². The minimum Gasteiger partial charge on any atom is -0.482 e. The summed E-state index contributed by atoms with van der Waals surface area (Å²) in [6.45, 7) is 3.73. The van der Waals surface area contributed by atoms with Crippen molar-refractivity contribution in [1.82, 2.24) is 9.21 Å². The molecule has 158 valence electrons. The zero-order valence-corrected chi connectivity index (χ0v) is 17.5. The molecule has 0 radical (unpaired) electrons. The van der Waals surface area contributed by atoms with Crippen LogP contribution in [0.15, 0.2) is 17.0 Å². The van der Waals surface area contributed by atoms with Crippen LogP contribution in [-0.2, 0) is 19.6 Å². The van der Waals surface area contributed by atoms with Gasteiger partial charge in [-0.1, -0.05) is 0 Å². The number of fused-ring (bicyclic) bond motifs is 1. The Hall–Kier alpha value is -2.13. The van der Waals surface area contributed by atoms with E-state index >= 15 is 0 Å². The number of rotatable bonds is 3. The van der Waals surface area contributed by atoms with Gasteiger partial charge in [0.2, 0.25) is 15.9 Å². The summed E-state index contributed by atoms with van der Waals surface area (Å²) in [5, 5.41) is 2.69. The van der Waals surface area contributed by atoms with Gasteiger partial charge in [-0.15, -0.1) is 0 Å². The molecule has 29 heavy (non-hydrogen) atoms. The topological polar surface area (TPSA) is 96.0 Å². The maximum absolute atomic E-state index is 13.4. The molecule has 1 N–H and O–H groups in total. The number of likely N-dealkylation sites (tertiary alicyclic amines) is 1. The number of hydrogen-bond donors (Lipinski definition) is 1. The molecule has 3 aliphatic rings. The van der Waals surface area contributed by atoms with Crippen LogP contribution in [0, 0.1) is 12.8 Å². The van der Waals surface area contributed by atoms with E-state index in [2.05, 4.69) is 5.32 Å². The van der Waals surface area contributed by atoms with Gasteiger partial charge in [-0.3, -0.25) is 9.59 Å². The predicted molar refractivity (Wildman–Crippen MR) is 107 cm³/mol. The second-order valence-corrected chi connectivity index (χ2v) is 9.95. The first-order valence-electron chi connectivity index (χ1n) is 10.2. The van der Waals surface area contributed by atoms with Gasteiger partial charge in [0.1, 0.15) is 5.75 Å². The Morgan fingerprint density at radius 3 is 2.66 bits per heavy atom. The van der Waals surface area contributed by atoms with Gasteiger partial charge in [-0.2, -0.15) is 4.31 Å². The van der Waals surface area contributed by atoms with E-state index in [-0.39, 0.29) is 35.8 Å². The second kappa shape index (κ2) is 7.95. The summed E-state index contributed by atoms with van der Waals surface area (Å²) in [6, 6.07) is 3.11. The van der Waals surface area contributed by atoms with Gasteiger partial charge in [0, 0.05) is 32.2 Å². The molecule has 2 saturated heterocycles. The van der Waals surface area contributed by atoms with Gasteiger partial charge < -0.3 is 15.0 Å². The van der Waals surface area contributed by atoms with E-state index in [0.29, 0.717) is 30.0 Å². The van der Waals surface area contributed by atoms with Crippen molar-refractivity contribution in [3.05, 3.63) is 17.7 Å². The number of carbonyl (C=O) groups is 2. The Kier molecular flexibility index (Phi) is 5.52. The third kappa shape index (κ3) is 3.98. The number of nitrogens with one attached hydrogen (secondary N) is 1. The Balaban J connectivity index is 1.55. The molecule has 0 aromatic heterocycles. The Morgan fingerprint density at radius 2 is 1.90 bits per heavy atom. The SMILES string of the molecule is Cc1cc2c(cc1S(=O)(=O)N1CCCC(C(=O)N3CCCCC3)C1)OCC(=O)N2. The molecule has 0 spiro atoms. The molecule has 1 aromatic rings. The Morgan fingerprint density at radius 1 is 1.14 bits per heavy atom. The highest BCUT2D eigenvalue weighted by atomic mass is 32.2. The highest BCUT2D eigenvalue weighted by molar-refractivity contribution is 7.89. The summed E-state index contributed by atoms with van der Waals surface area (Å²) in [5.74, 6) is -0.114. The van der Waals surface area contributed by atoms with Crippen LogP contribution in [0.4, 0.5) is 5.69 Å². The van der Waals surface area contributed by atoms with Crippen molar-refractivity contribution < 1.29 is 22.7 Å². The summed E-state index contributed by atoms with van der Waals surface area (Å²) < 4.78 is 33.5. The maximum atomic E-state index is 13.4. The van der Waals surface area contributed by atoms with Crippen LogP contribution in [0.25, 0.3) is 0 Å². The third-order valence-electron chi connectivity index (χ3n) is 5.93. The second-order valence-electron chi connectivity index (χ2n) is 8.04. The Labute approximate surface area is 171 Å². The van der Waals surface area contributed by atoms with Crippen molar-refractivity contribution in [3.63, 3.8) is 0 Å². The van der Waals surface area contributed by atoms with Gasteiger partial charge in [0.15, 0.2) is 6.61 Å². The number of sulfonamides is 1. The molecule has 8 nitrogen and oxygen atoms in total. The standard InChI is InChI=1S/C20H27N3O5S/c1-14-10-16-17(28-13-19(24)21-16)11-18(14)29(26,27)23-9-5-6-15(12-23)20(25)22-7-3-2-4-8-22/h10-11,15H,2-9,12-13H2,1H3,(H,21,24). The number of benzene rings is 1. The fourth-order valence-electron chi connectivity index (χ4n) is 4.37. The molecule has 1 unspecified atom stereocenters. The smallest absolute Gasteiger partial charge is 0.262 e. The van der Waals surface area contributed by atoms with Crippen molar-refractivity contribution >= 4 is 27.5 Å². The molecule has 2 fully saturated rings. The molecule has 4 rings (SSSR count). The molecule has 3 aliphatic heterocycles. The number of piperidine rings is 2. The summed E-state index contributed by atoms with van der Waals surface area (Å²) in [7, 11) is -3.77. The molecule has 2 amide bonds. The monoisotopic (exact) mass is 421 g/mol. The van der Waals surface area contributed by atoms with Crippen molar-refractivity contribution in [3.8, 4) is 5.75 Å². The first kappa shape index (κ1) is 20.2. The quantitative estimate of drug-likeness (QED) is 0.802. The zero-order valence-electron chi connectivity index (χ0n) is 16.6. The fraction of sp³-hybridized carbons (Fsp3) is 0.600. The van der Waals surface area contributed by atoms with Crippen molar-refractivity contribution in [2.24, 2.45) is 5.92 Å². The van der Waals surface area contributed by atoms with Crippen LogP contribution >= 0.6 is 0 Å². The highest BCUT2D eigenvalue weighted by Gasteiger charge is 2.36. The lowest BCUT2D eigenvalue weighted by Crippen LogP contribution is -2.47. The van der Waals surface area contributed by atoms with Crippen molar-refractivity contribution in [1.29, 1.82) is 0 Å². The van der Waals surface area contributed by atoms with E-state index in [0.717, 1.165) is 38.8 Å². The number of anilines is 1. The average Bonchev–Trinajstić information content (AvgIpc) is 2.73. The van der Waals surface area contributed by atoms with Crippen molar-refractivity contribution in [2.75, 3.05) is 38.1 Å². The molecule has 1 atom stereocenters. The fourth-order valence-corrected chi connectivity index (χ4v) is 6.11. The lowest BCUT2D eigenvalue weighted by molar-refractivity contribution is -0.137. The number of hydrogen-bond acceptors (Lipinski definition) is 5. The highest BCUT2D eigenvalue weighted by Crippen LogP contribution is 2.35. The lowest BCUT2D eigenvalue weighted by atomic mass is 9.97. The molecular formula is C20H27N3O5S. The zero-order chi connectivity index (χ0) is 20.6. The number of ether oxygens (including phenoxy) is 1. The predicted octanol–water partition coefficient (Wildman–Crippen LogP) is 1.74. The summed E-state index contributed by atoms with van der Waals surface area (Å²) in [4.78, 5) is 26.5. The van der Waals surface area contributed by atoms with Gasteiger partial charge >= 0.3 is 0 Å². The third-order valence-corrected chi connectivity index (χ3v) is 7.94. The summed E-state index contributed by atoms with van der Waals surface area (Å²) in [5.41, 5.74) is 1.02. The minimum absolute atomic E-state index is 0.0813. The Bertz CT molecular complexity index is 924. The molecule has 1 aromatic carbocycles. The molecular weight excluding hydrogens is 394 g/mol. The molecule has 9 heteroatoms. The van der Waals surface area contributed by atoms with Gasteiger partial charge in [-0.25, -0.2) is 8.42 Å². The van der Waals surface area contributed by atoms with Gasteiger partial charge in [0.25, 0.3) is 5.91 Å². The van der Waals surface area contributed by atoms with E-state index in [1.165, 1.54) is 10.4 Å². The van der Waals surface area contributed by atoms with Crippen LogP contribution in [0.1, 0.15) is 37.7 Å². The van der Waals surface area contributed by atoms with Crippen LogP contribution in [0.3, 0.4) is 0 Å². The summed E-state index contributed by atoms with van der Waals surface area (Å²) >= 11 is 0. The molecule has 0 bridgehead atoms. The van der Waals surface area contributed by atoms with Gasteiger partial charge in [-0.05, 0) is 50.7 Å². The summed E-state index contributed by atoms with van der Waals surface area (Å²) in [6.07, 6.45) is 4.57. The largest absolute Gasteiger partial charge is 0.482 e. The first-order chi connectivity index (χ1) is 13.9. The van der Waals surface area contributed by atoms with E-state index < -0.39 is 10.0 Å². The van der Waals surface area contributed by atoms with E-state index in [1.807, 2.05) is 4.90 Å². The van der Waals surface area contributed by atoms with E-state index in [4.69, 9.17) is 4.74 Å². The number of amides is 2. The first-order valence-corrected chi connectivity index (χ1v) is 11.7. The molecule has 0 aliphatic carbocycles. The van der Waals surface area contributed by atoms with Crippen LogP contribution in [0.2, 0.25) is 0 Å². The normalized spacial score (nSPS) is 23.1. The average molecular weight is 422 g/mol. The lowest BCUT2D eigenvalue weighted by Gasteiger charge is -2.36. The van der Waals surface area contributed by atoms with Gasteiger partial charge in [0.05, 0.1) is 16.5 Å².